The number of halogens is 3. The third-order valence-electron chi connectivity index (χ3n) is 8.02. The van der Waals surface area contributed by atoms with E-state index >= 15 is 0 Å². The topological polar surface area (TPSA) is 91.0 Å². The summed E-state index contributed by atoms with van der Waals surface area (Å²) < 4.78 is 74.7. The van der Waals surface area contributed by atoms with E-state index in [0.29, 0.717) is 32.1 Å². The number of hydrogen-bond donors (Lipinski definition) is 2. The molecule has 194 valence electrons. The maximum atomic E-state index is 14.0. The van der Waals surface area contributed by atoms with Crippen molar-refractivity contribution < 1.29 is 31.1 Å². The predicted molar refractivity (Wildman–Crippen MR) is 124 cm³/mol. The number of nitrogens with zero attached hydrogens (tertiary/aromatic N) is 2. The minimum atomic E-state index is -4.63. The molecule has 1 saturated carbocycles. The monoisotopic (exact) mass is 516 g/mol. The fourth-order valence-electron chi connectivity index (χ4n) is 6.05. The van der Waals surface area contributed by atoms with E-state index in [9.17, 15) is 26.4 Å². The molecule has 1 saturated heterocycles. The SMILES string of the molecule is CC(C)[C@]1(C(=O)N2Cc3cc(C(F)(F)F)cc4c3N(C2)S(=O)(=O)N4)CC[C@@H](NC2CCOCC2)C1. The molecule has 0 unspecified atom stereocenters. The van der Waals surface area contributed by atoms with Gasteiger partial charge in [-0.3, -0.25) is 9.52 Å². The summed E-state index contributed by atoms with van der Waals surface area (Å²) in [7, 11) is -4.09. The van der Waals surface area contributed by atoms with Gasteiger partial charge in [0.25, 0.3) is 0 Å². The molecule has 2 atom stereocenters. The largest absolute Gasteiger partial charge is 0.416 e. The lowest BCUT2D eigenvalue weighted by atomic mass is 9.74. The molecule has 3 aliphatic heterocycles. The number of ether oxygens (including phenoxy) is 1. The van der Waals surface area contributed by atoms with E-state index in [4.69, 9.17) is 4.74 Å². The molecular formula is C23H31F3N4O4S. The van der Waals surface area contributed by atoms with Gasteiger partial charge in [-0.05, 0) is 55.7 Å². The molecule has 1 aromatic carbocycles. The Morgan fingerprint density at radius 2 is 1.91 bits per heavy atom. The molecule has 0 spiro atoms. The summed E-state index contributed by atoms with van der Waals surface area (Å²) in [6.45, 7) is 5.12. The molecule has 4 aliphatic rings. The van der Waals surface area contributed by atoms with Crippen LogP contribution < -0.4 is 14.3 Å². The van der Waals surface area contributed by atoms with Crippen LogP contribution >= 0.6 is 0 Å². The second kappa shape index (κ2) is 8.52. The lowest BCUT2D eigenvalue weighted by Gasteiger charge is -2.41. The molecule has 0 radical (unpaired) electrons. The molecule has 2 N–H and O–H groups in total. The van der Waals surface area contributed by atoms with Gasteiger partial charge in [-0.1, -0.05) is 13.8 Å². The average Bonchev–Trinajstić information content (AvgIpc) is 3.33. The first-order valence-electron chi connectivity index (χ1n) is 12.1. The molecule has 3 heterocycles. The highest BCUT2D eigenvalue weighted by atomic mass is 32.2. The van der Waals surface area contributed by atoms with E-state index in [1.54, 1.807) is 0 Å². The summed E-state index contributed by atoms with van der Waals surface area (Å²) in [5, 5.41) is 3.67. The Morgan fingerprint density at radius 3 is 2.57 bits per heavy atom. The van der Waals surface area contributed by atoms with Crippen LogP contribution in [0.5, 0.6) is 0 Å². The van der Waals surface area contributed by atoms with Crippen molar-refractivity contribution in [3.05, 3.63) is 23.3 Å². The van der Waals surface area contributed by atoms with Crippen LogP contribution in [0.4, 0.5) is 24.5 Å². The molecule has 35 heavy (non-hydrogen) atoms. The van der Waals surface area contributed by atoms with Crippen LogP contribution in [0.2, 0.25) is 0 Å². The maximum Gasteiger partial charge on any atom is 0.416 e. The molecule has 0 aromatic heterocycles. The number of carbonyl (C=O) groups is 1. The van der Waals surface area contributed by atoms with Crippen molar-refractivity contribution in [3.8, 4) is 0 Å². The number of nitrogens with one attached hydrogen (secondary N) is 2. The van der Waals surface area contributed by atoms with Crippen LogP contribution in [-0.4, -0.2) is 51.2 Å². The van der Waals surface area contributed by atoms with Crippen LogP contribution in [0.3, 0.4) is 0 Å². The zero-order valence-electron chi connectivity index (χ0n) is 19.8. The molecule has 5 rings (SSSR count). The van der Waals surface area contributed by atoms with Gasteiger partial charge in [-0.2, -0.15) is 21.6 Å². The molecule has 12 heteroatoms. The molecule has 1 aromatic rings. The van der Waals surface area contributed by atoms with Crippen molar-refractivity contribution >= 4 is 27.5 Å². The van der Waals surface area contributed by atoms with Gasteiger partial charge in [0.05, 0.1) is 22.4 Å². The highest BCUT2D eigenvalue weighted by Crippen LogP contribution is 2.49. The second-order valence-corrected chi connectivity index (χ2v) is 12.0. The van der Waals surface area contributed by atoms with Crippen molar-refractivity contribution in [1.29, 1.82) is 0 Å². The number of alkyl halides is 3. The van der Waals surface area contributed by atoms with Crippen LogP contribution in [0, 0.1) is 11.3 Å². The summed E-state index contributed by atoms with van der Waals surface area (Å²) in [5.74, 6) is -0.209. The van der Waals surface area contributed by atoms with Gasteiger partial charge >= 0.3 is 16.4 Å². The highest BCUT2D eigenvalue weighted by molar-refractivity contribution is 7.94. The van der Waals surface area contributed by atoms with Crippen LogP contribution in [-0.2, 0) is 32.5 Å². The quantitative estimate of drug-likeness (QED) is 0.640. The summed E-state index contributed by atoms with van der Waals surface area (Å²) in [6.07, 6.45) is -0.713. The number of benzene rings is 1. The van der Waals surface area contributed by atoms with E-state index in [2.05, 4.69) is 10.0 Å². The summed E-state index contributed by atoms with van der Waals surface area (Å²) in [5.41, 5.74) is -1.36. The van der Waals surface area contributed by atoms with Gasteiger partial charge < -0.3 is 15.0 Å². The predicted octanol–water partition coefficient (Wildman–Crippen LogP) is 3.45. The number of rotatable bonds is 4. The zero-order valence-corrected chi connectivity index (χ0v) is 20.6. The highest BCUT2D eigenvalue weighted by Gasteiger charge is 2.52. The molecule has 0 bridgehead atoms. The van der Waals surface area contributed by atoms with Gasteiger partial charge in [0.2, 0.25) is 5.91 Å². The Kier molecular flexibility index (Phi) is 5.99. The standard InChI is InChI=1S/C23H31F3N4O4S/c1-14(2)22(6-3-18(11-22)27-17-4-7-34-8-5-17)21(31)29-12-15-9-16(23(24,25)26)10-19-20(15)30(13-29)35(32,33)28-19/h9-10,14,17-18,27-28H,3-8,11-13H2,1-2H3/t18-,22+/m1/s1. The zero-order chi connectivity index (χ0) is 25.2. The summed E-state index contributed by atoms with van der Waals surface area (Å²) in [4.78, 5) is 15.4. The Hall–Kier alpha value is -2.05. The molecular weight excluding hydrogens is 485 g/mol. The Balaban J connectivity index is 1.42. The molecule has 1 aliphatic carbocycles. The number of carbonyl (C=O) groups excluding carboxylic acids is 1. The van der Waals surface area contributed by atoms with E-state index in [1.807, 2.05) is 13.8 Å². The van der Waals surface area contributed by atoms with Gasteiger partial charge in [0.1, 0.15) is 6.67 Å². The molecule has 2 fully saturated rings. The van der Waals surface area contributed by atoms with Crippen molar-refractivity contribution in [3.63, 3.8) is 0 Å². The maximum absolute atomic E-state index is 14.0. The Morgan fingerprint density at radius 1 is 1.20 bits per heavy atom. The lowest BCUT2D eigenvalue weighted by Crippen LogP contribution is -2.53. The van der Waals surface area contributed by atoms with Crippen molar-refractivity contribution in [1.82, 2.24) is 10.2 Å². The van der Waals surface area contributed by atoms with Crippen LogP contribution in [0.1, 0.15) is 57.1 Å². The first-order valence-corrected chi connectivity index (χ1v) is 13.5. The smallest absolute Gasteiger partial charge is 0.381 e. The van der Waals surface area contributed by atoms with E-state index in [0.717, 1.165) is 35.7 Å². The minimum Gasteiger partial charge on any atom is -0.381 e. The van der Waals surface area contributed by atoms with Gasteiger partial charge in [0.15, 0.2) is 0 Å². The third-order valence-corrected chi connectivity index (χ3v) is 9.37. The third kappa shape index (κ3) is 4.27. The molecule has 8 nitrogen and oxygen atoms in total. The lowest BCUT2D eigenvalue weighted by molar-refractivity contribution is -0.145. The summed E-state index contributed by atoms with van der Waals surface area (Å²) >= 11 is 0. The first kappa shape index (κ1) is 24.6. The number of anilines is 2. The van der Waals surface area contributed by atoms with E-state index in [1.165, 1.54) is 4.90 Å². The van der Waals surface area contributed by atoms with Crippen molar-refractivity contribution in [2.75, 3.05) is 28.9 Å². The van der Waals surface area contributed by atoms with Crippen molar-refractivity contribution in [2.24, 2.45) is 11.3 Å². The second-order valence-electron chi connectivity index (χ2n) is 10.4. The first-order chi connectivity index (χ1) is 16.4. The van der Waals surface area contributed by atoms with Gasteiger partial charge in [-0.15, -0.1) is 0 Å². The Bertz CT molecular complexity index is 1120. The summed E-state index contributed by atoms with van der Waals surface area (Å²) in [6, 6.07) is 2.27. The number of hydrogen-bond acceptors (Lipinski definition) is 5. The fourth-order valence-corrected chi connectivity index (χ4v) is 7.35. The van der Waals surface area contributed by atoms with Crippen LogP contribution in [0.15, 0.2) is 12.1 Å². The van der Waals surface area contributed by atoms with Crippen molar-refractivity contribution in [2.45, 2.75) is 70.8 Å². The normalized spacial score (nSPS) is 28.3. The fraction of sp³-hybridized carbons (Fsp3) is 0.696. The van der Waals surface area contributed by atoms with Crippen LogP contribution in [0.25, 0.3) is 0 Å². The van der Waals surface area contributed by atoms with E-state index in [-0.39, 0.29) is 48.0 Å². The molecule has 1 amide bonds. The average molecular weight is 517 g/mol. The van der Waals surface area contributed by atoms with E-state index < -0.39 is 27.4 Å². The minimum absolute atomic E-state index is 0.0109. The number of amides is 1. The van der Waals surface area contributed by atoms with Gasteiger partial charge in [0, 0.05) is 31.8 Å². The Labute approximate surface area is 203 Å². The van der Waals surface area contributed by atoms with Gasteiger partial charge in [-0.25, -0.2) is 4.31 Å².